The fourth-order valence-electron chi connectivity index (χ4n) is 0.453. The van der Waals surface area contributed by atoms with Gasteiger partial charge in [-0.15, -0.1) is 0 Å². The summed E-state index contributed by atoms with van der Waals surface area (Å²) in [6.45, 7) is 4.82. The Kier molecular flexibility index (Phi) is 4.61. The lowest BCUT2D eigenvalue weighted by Crippen LogP contribution is -2.31. The van der Waals surface area contributed by atoms with Crippen molar-refractivity contribution < 1.29 is 10.4 Å². The van der Waals surface area contributed by atoms with Crippen LogP contribution in [0.2, 0.25) is 0 Å². The molecule has 4 heteroatoms. The number of nitrogens with zero attached hydrogens (tertiary/aromatic N) is 1. The van der Waals surface area contributed by atoms with Gasteiger partial charge in [0.25, 0.3) is 0 Å². The molecule has 4 nitrogen and oxygen atoms in total. The van der Waals surface area contributed by atoms with Crippen LogP contribution in [0.25, 0.3) is 0 Å². The zero-order valence-corrected chi connectivity index (χ0v) is 5.83. The Hall–Kier alpha value is -0.160. The van der Waals surface area contributed by atoms with Crippen LogP contribution >= 0.6 is 0 Å². The molecule has 0 rings (SSSR count). The maximum absolute atomic E-state index is 8.21. The summed E-state index contributed by atoms with van der Waals surface area (Å²) in [5.41, 5.74) is 0. The zero-order valence-electron chi connectivity index (χ0n) is 5.83. The van der Waals surface area contributed by atoms with Crippen LogP contribution in [0.4, 0.5) is 0 Å². The van der Waals surface area contributed by atoms with Gasteiger partial charge in [-0.2, -0.15) is 0 Å². The van der Waals surface area contributed by atoms with Gasteiger partial charge < -0.3 is 5.32 Å². The second kappa shape index (κ2) is 4.69. The molecule has 0 amide bonds. The highest BCUT2D eigenvalue weighted by atomic mass is 16.8. The van der Waals surface area contributed by atoms with Gasteiger partial charge in [0.1, 0.15) is 0 Å². The molecule has 9 heavy (non-hydrogen) atoms. The van der Waals surface area contributed by atoms with E-state index in [0.29, 0.717) is 12.6 Å². The maximum Gasteiger partial charge on any atom is 0.0637 e. The maximum atomic E-state index is 8.21. The SMILES string of the molecule is CC(C)NCCN(O)O. The number of nitrogens with one attached hydrogen (secondary N) is 1. The first kappa shape index (κ1) is 8.84. The summed E-state index contributed by atoms with van der Waals surface area (Å²) < 4.78 is 0. The molecule has 0 aliphatic carbocycles. The summed E-state index contributed by atoms with van der Waals surface area (Å²) in [5, 5.41) is 19.6. The molecule has 0 saturated heterocycles. The molecule has 0 bridgehead atoms. The van der Waals surface area contributed by atoms with Crippen LogP contribution in [-0.4, -0.2) is 34.8 Å². The normalized spacial score (nSPS) is 11.3. The third-order valence-electron chi connectivity index (χ3n) is 0.864. The zero-order chi connectivity index (χ0) is 7.28. The Morgan fingerprint density at radius 3 is 2.33 bits per heavy atom. The fourth-order valence-corrected chi connectivity index (χ4v) is 0.453. The summed E-state index contributed by atoms with van der Waals surface area (Å²) in [7, 11) is 0. The van der Waals surface area contributed by atoms with Crippen LogP contribution in [0.3, 0.4) is 0 Å². The van der Waals surface area contributed by atoms with E-state index >= 15 is 0 Å². The Bertz CT molecular complexity index is 58.0. The van der Waals surface area contributed by atoms with Crippen LogP contribution in [0, 0.1) is 0 Å². The Morgan fingerprint density at radius 2 is 2.00 bits per heavy atom. The lowest BCUT2D eigenvalue weighted by atomic mass is 10.4. The molecule has 56 valence electrons. The molecule has 0 aromatic rings. The van der Waals surface area contributed by atoms with Crippen LogP contribution in [-0.2, 0) is 0 Å². The second-order valence-electron chi connectivity index (χ2n) is 2.20. The van der Waals surface area contributed by atoms with E-state index < -0.39 is 0 Å². The van der Waals surface area contributed by atoms with Crippen LogP contribution in [0.15, 0.2) is 0 Å². The molecule has 0 heterocycles. The van der Waals surface area contributed by atoms with Crippen LogP contribution in [0.5, 0.6) is 0 Å². The van der Waals surface area contributed by atoms with Crippen molar-refractivity contribution in [2.45, 2.75) is 19.9 Å². The largest absolute Gasteiger partial charge is 0.313 e. The van der Waals surface area contributed by atoms with E-state index in [-0.39, 0.29) is 11.8 Å². The van der Waals surface area contributed by atoms with Gasteiger partial charge in [-0.3, -0.25) is 10.4 Å². The highest BCUT2D eigenvalue weighted by Crippen LogP contribution is 1.75. The van der Waals surface area contributed by atoms with Crippen LogP contribution < -0.4 is 5.32 Å². The second-order valence-corrected chi connectivity index (χ2v) is 2.20. The van der Waals surface area contributed by atoms with Crippen molar-refractivity contribution in [3.63, 3.8) is 0 Å². The summed E-state index contributed by atoms with van der Waals surface area (Å²) >= 11 is 0. The lowest BCUT2D eigenvalue weighted by molar-refractivity contribution is -0.305. The first-order valence-electron chi connectivity index (χ1n) is 3.01. The van der Waals surface area contributed by atoms with Gasteiger partial charge >= 0.3 is 0 Å². The van der Waals surface area contributed by atoms with E-state index in [2.05, 4.69) is 5.32 Å². The highest BCUT2D eigenvalue weighted by Gasteiger charge is 1.93. The molecule has 3 N–H and O–H groups in total. The highest BCUT2D eigenvalue weighted by molar-refractivity contribution is 4.51. The molecule has 0 atom stereocenters. The topological polar surface area (TPSA) is 55.7 Å². The van der Waals surface area contributed by atoms with Crippen molar-refractivity contribution in [3.05, 3.63) is 0 Å². The Balaban J connectivity index is 2.91. The molecular formula is C5H14N2O2. The van der Waals surface area contributed by atoms with Gasteiger partial charge in [0.2, 0.25) is 0 Å². The molecule has 0 aliphatic heterocycles. The van der Waals surface area contributed by atoms with E-state index in [1.165, 1.54) is 0 Å². The predicted octanol–water partition coefficient (Wildman–Crippen LogP) is 0.0648. The van der Waals surface area contributed by atoms with Crippen molar-refractivity contribution >= 4 is 0 Å². The van der Waals surface area contributed by atoms with E-state index in [0.717, 1.165) is 0 Å². The van der Waals surface area contributed by atoms with Crippen molar-refractivity contribution in [3.8, 4) is 0 Å². The smallest absolute Gasteiger partial charge is 0.0637 e. The van der Waals surface area contributed by atoms with Crippen molar-refractivity contribution in [1.29, 1.82) is 0 Å². The Labute approximate surface area is 55.0 Å². The van der Waals surface area contributed by atoms with Gasteiger partial charge in [0.15, 0.2) is 0 Å². The van der Waals surface area contributed by atoms with E-state index in [9.17, 15) is 0 Å². The molecule has 0 spiro atoms. The first-order chi connectivity index (χ1) is 4.13. The predicted molar refractivity (Wildman–Crippen MR) is 33.4 cm³/mol. The molecule has 0 fully saturated rings. The molecule has 0 saturated carbocycles. The molecular weight excluding hydrogens is 120 g/mol. The van der Waals surface area contributed by atoms with Crippen molar-refractivity contribution in [2.75, 3.05) is 13.1 Å². The number of hydrogen-bond acceptors (Lipinski definition) is 4. The van der Waals surface area contributed by atoms with Gasteiger partial charge in [-0.25, -0.2) is 0 Å². The number of hydrogen-bond donors (Lipinski definition) is 3. The number of hydroxylamine groups is 2. The van der Waals surface area contributed by atoms with Gasteiger partial charge in [-0.1, -0.05) is 19.1 Å². The van der Waals surface area contributed by atoms with Crippen molar-refractivity contribution in [2.24, 2.45) is 0 Å². The standard InChI is InChI=1S/C5H14N2O2/c1-5(2)6-3-4-7(8)9/h5-6,8-9H,3-4H2,1-2H3. The summed E-state index contributed by atoms with van der Waals surface area (Å²) in [6, 6.07) is 0.393. The van der Waals surface area contributed by atoms with Crippen molar-refractivity contribution in [1.82, 2.24) is 10.5 Å². The third-order valence-corrected chi connectivity index (χ3v) is 0.864. The minimum absolute atomic E-state index is 0.176. The monoisotopic (exact) mass is 134 g/mol. The Morgan fingerprint density at radius 1 is 1.44 bits per heavy atom. The van der Waals surface area contributed by atoms with Gasteiger partial charge in [0.05, 0.1) is 6.54 Å². The lowest BCUT2D eigenvalue weighted by Gasteiger charge is -2.09. The number of rotatable bonds is 4. The average molecular weight is 134 g/mol. The minimum Gasteiger partial charge on any atom is -0.313 e. The quantitative estimate of drug-likeness (QED) is 0.476. The van der Waals surface area contributed by atoms with Crippen LogP contribution in [0.1, 0.15) is 13.8 Å². The molecule has 0 aliphatic rings. The summed E-state index contributed by atoms with van der Waals surface area (Å²) in [6.07, 6.45) is 0. The fraction of sp³-hybridized carbons (Fsp3) is 1.00. The molecule has 0 aromatic carbocycles. The minimum atomic E-state index is 0.176. The molecule has 0 unspecified atom stereocenters. The molecule has 0 aromatic heterocycles. The molecule has 0 radical (unpaired) electrons. The summed E-state index contributed by atoms with van der Waals surface area (Å²) in [4.78, 5) is 0. The van der Waals surface area contributed by atoms with Gasteiger partial charge in [-0.05, 0) is 0 Å². The average Bonchev–Trinajstić information content (AvgIpc) is 1.63. The van der Waals surface area contributed by atoms with E-state index in [1.807, 2.05) is 13.8 Å². The summed E-state index contributed by atoms with van der Waals surface area (Å²) in [5.74, 6) is 0. The van der Waals surface area contributed by atoms with Gasteiger partial charge in [0, 0.05) is 12.6 Å². The van der Waals surface area contributed by atoms with E-state index in [4.69, 9.17) is 10.4 Å². The first-order valence-corrected chi connectivity index (χ1v) is 3.01. The van der Waals surface area contributed by atoms with E-state index in [1.54, 1.807) is 0 Å². The third kappa shape index (κ3) is 7.84.